The Kier molecular flexibility index (Phi) is 35.7. The number of pyridine rings is 1. The van der Waals surface area contributed by atoms with E-state index < -0.39 is 0 Å². The van der Waals surface area contributed by atoms with Gasteiger partial charge in [-0.05, 0) is 153 Å². The number of ether oxygens (including phenoxy) is 1. The van der Waals surface area contributed by atoms with Crippen molar-refractivity contribution < 1.29 is 51.3 Å². The van der Waals surface area contributed by atoms with E-state index in [0.717, 1.165) is 122 Å². The van der Waals surface area contributed by atoms with Crippen molar-refractivity contribution in [3.63, 3.8) is 0 Å². The SMILES string of the molecule is COc1cnc(NCCCNC(=O)c2cc(-c3cccs3)on2)nc1.Cc1cc(NCCCNC(=O)c2cc(-c3cccs3)on2)ncn1.Cc1ccc(NCCCNC(=O)c2cc(-c3cccs3)on2)nc1.Cc1nccc(NCCCNC(=O)c2cc(-c3cccs3)on2)n1.O=C(NCCCNc1ccnc(N2CCCCC2)n1)c1cc(-c2cccs2)on1. The summed E-state index contributed by atoms with van der Waals surface area (Å²) < 4.78 is 31.0. The number of thiophene rings is 5. The van der Waals surface area contributed by atoms with Gasteiger partial charge < -0.3 is 85.4 Å². The lowest BCUT2D eigenvalue weighted by atomic mass is 10.1. The molecule has 5 amide bonds. The molecule has 16 rings (SSSR count). The Hall–Kier alpha value is -14.0. The van der Waals surface area contributed by atoms with Crippen LogP contribution in [0.3, 0.4) is 0 Å². The van der Waals surface area contributed by atoms with Gasteiger partial charge in [0.1, 0.15) is 35.4 Å². The smallest absolute Gasteiger partial charge is 0.273 e. The number of aryl methyl sites for hydroxylation is 3. The van der Waals surface area contributed by atoms with Crippen molar-refractivity contribution in [1.29, 1.82) is 0 Å². The molecular formula is C85H93N25O11S5. The highest BCUT2D eigenvalue weighted by Gasteiger charge is 2.21. The highest BCUT2D eigenvalue weighted by Crippen LogP contribution is 2.30. The van der Waals surface area contributed by atoms with Crippen molar-refractivity contribution in [1.82, 2.24) is 97.2 Å². The Morgan fingerprint density at radius 3 is 1.10 bits per heavy atom. The molecule has 0 unspecified atom stereocenters. The van der Waals surface area contributed by atoms with E-state index in [2.05, 4.69) is 129 Å². The predicted octanol–water partition coefficient (Wildman–Crippen LogP) is 14.7. The molecule has 15 aromatic rings. The molecule has 1 saturated heterocycles. The van der Waals surface area contributed by atoms with Crippen molar-refractivity contribution in [2.45, 2.75) is 72.1 Å². The summed E-state index contributed by atoms with van der Waals surface area (Å²) in [6.07, 6.45) is 17.5. The van der Waals surface area contributed by atoms with Crippen molar-refractivity contribution in [2.75, 3.05) is 117 Å². The number of amides is 5. The number of carbonyl (C=O) groups is 5. The van der Waals surface area contributed by atoms with Crippen molar-refractivity contribution >= 4 is 121 Å². The molecule has 654 valence electrons. The van der Waals surface area contributed by atoms with E-state index in [9.17, 15) is 24.0 Å². The molecule has 36 nitrogen and oxygen atoms in total. The number of rotatable bonds is 37. The van der Waals surface area contributed by atoms with Gasteiger partial charge in [0.15, 0.2) is 63.0 Å². The van der Waals surface area contributed by atoms with Gasteiger partial charge in [-0.1, -0.05) is 62.2 Å². The van der Waals surface area contributed by atoms with Crippen LogP contribution in [0.15, 0.2) is 208 Å². The van der Waals surface area contributed by atoms with Crippen LogP contribution in [0.5, 0.6) is 5.75 Å². The molecule has 0 radical (unpaired) electrons. The molecular weight excluding hydrogens is 1710 g/mol. The first kappa shape index (κ1) is 91.2. The van der Waals surface area contributed by atoms with Crippen molar-refractivity contribution in [3.8, 4) is 58.9 Å². The zero-order chi connectivity index (χ0) is 87.7. The molecule has 0 atom stereocenters. The van der Waals surface area contributed by atoms with Crippen LogP contribution in [0.4, 0.5) is 35.2 Å². The fourth-order valence-corrected chi connectivity index (χ4v) is 14.8. The second-order valence-corrected chi connectivity index (χ2v) is 32.2. The van der Waals surface area contributed by atoms with E-state index in [1.54, 1.807) is 108 Å². The standard InChI is InChI=1S/C20H24N6O2S.C17H18N4O2S.C16H17N5O3S.2C16H17N5O2S/c27-19(15-14-16(28-25-15)17-6-4-13-29-17)22-9-5-8-21-18-7-10-23-20(24-18)26-11-2-1-3-12-26;1-12-5-6-16(20-11-12)18-7-3-8-19-17(22)13-10-14(23-21-13)15-4-2-9-24-15;1-23-11-9-19-16(20-10-11)18-6-3-5-17-15(22)12-8-13(24-21-12)14-4-2-7-25-14;1-11-17-8-5-15(20-11)18-6-3-7-19-16(22)12-10-13(23-21-12)14-4-2-9-24-14;1-11-8-15(20-10-19-11)17-5-3-6-18-16(22)12-9-13(23-21-12)14-4-2-7-24-14/h4,6-7,10,13-14H,1-3,5,8-9,11-12H2,(H,22,27)(H,21,23,24);2,4-6,9-11H,3,7-8H2,1H3,(H,18,20)(H,19,22);2,4,7-10H,3,5-6H2,1H3,(H,17,22)(H,18,19,20);2,4-5,8-10H,3,6-7H2,1H3,(H,19,22)(H,17,18,20);2,4,7-10H,3,5-6H2,1H3,(H,18,22)(H,17,19,20). The number of carbonyl (C=O) groups excluding carboxylic acids is 5. The van der Waals surface area contributed by atoms with Gasteiger partial charge in [0, 0.05) is 139 Å². The molecule has 0 aromatic carbocycles. The number of methoxy groups -OCH3 is 1. The van der Waals surface area contributed by atoms with E-state index in [-0.39, 0.29) is 46.6 Å². The topological polar surface area (TPSA) is 464 Å². The van der Waals surface area contributed by atoms with Gasteiger partial charge in [-0.3, -0.25) is 24.0 Å². The Morgan fingerprint density at radius 1 is 0.373 bits per heavy atom. The number of nitrogens with zero attached hydrogens (tertiary/aromatic N) is 15. The monoisotopic (exact) mass is 1800 g/mol. The molecule has 0 bridgehead atoms. The summed E-state index contributed by atoms with van der Waals surface area (Å²) in [6, 6.07) is 37.0. The zero-order valence-electron chi connectivity index (χ0n) is 69.3. The summed E-state index contributed by atoms with van der Waals surface area (Å²) in [5.74, 6) is 7.69. The number of hydrogen-bond acceptors (Lipinski definition) is 36. The van der Waals surface area contributed by atoms with Crippen LogP contribution >= 0.6 is 56.7 Å². The molecule has 0 saturated carbocycles. The molecule has 0 aliphatic carbocycles. The Bertz CT molecular complexity index is 5590. The first-order valence-corrected chi connectivity index (χ1v) is 44.7. The van der Waals surface area contributed by atoms with Crippen LogP contribution in [-0.4, -0.2) is 186 Å². The second kappa shape index (κ2) is 49.3. The van der Waals surface area contributed by atoms with Gasteiger partial charge in [-0.15, -0.1) is 56.7 Å². The molecule has 1 aliphatic heterocycles. The highest BCUT2D eigenvalue weighted by molar-refractivity contribution is 7.14. The second-order valence-electron chi connectivity index (χ2n) is 27.4. The quantitative estimate of drug-likeness (QED) is 0.0162. The lowest BCUT2D eigenvalue weighted by molar-refractivity contribution is 0.0936. The summed E-state index contributed by atoms with van der Waals surface area (Å²) in [5.41, 5.74) is 3.48. The van der Waals surface area contributed by atoms with E-state index in [1.807, 2.05) is 145 Å². The molecule has 15 aromatic heterocycles. The number of nitrogens with one attached hydrogen (secondary N) is 10. The Morgan fingerprint density at radius 2 is 0.746 bits per heavy atom. The first-order chi connectivity index (χ1) is 61.7. The lowest BCUT2D eigenvalue weighted by Crippen LogP contribution is -2.31. The minimum Gasteiger partial charge on any atom is -0.494 e. The lowest BCUT2D eigenvalue weighted by Gasteiger charge is -2.26. The van der Waals surface area contributed by atoms with E-state index in [4.69, 9.17) is 27.4 Å². The molecule has 16 heterocycles. The molecule has 1 fully saturated rings. The van der Waals surface area contributed by atoms with E-state index in [1.165, 1.54) is 36.9 Å². The van der Waals surface area contributed by atoms with Crippen LogP contribution in [0.1, 0.15) is 121 Å². The van der Waals surface area contributed by atoms with Crippen LogP contribution in [0.25, 0.3) is 53.2 Å². The van der Waals surface area contributed by atoms with Crippen LogP contribution < -0.4 is 62.8 Å². The van der Waals surface area contributed by atoms with Crippen LogP contribution in [0.2, 0.25) is 0 Å². The van der Waals surface area contributed by atoms with Crippen LogP contribution in [0, 0.1) is 20.8 Å². The maximum atomic E-state index is 12.2. The maximum Gasteiger partial charge on any atom is 0.273 e. The third-order valence-corrected chi connectivity index (χ3v) is 22.3. The van der Waals surface area contributed by atoms with Crippen molar-refractivity contribution in [2.24, 2.45) is 0 Å². The zero-order valence-corrected chi connectivity index (χ0v) is 73.4. The number of aromatic nitrogens is 14. The summed E-state index contributed by atoms with van der Waals surface area (Å²) in [5, 5.41) is 59.0. The average Bonchev–Trinajstić information content (AvgIpc) is 1.74. The maximum absolute atomic E-state index is 12.2. The third-order valence-electron chi connectivity index (χ3n) is 17.9. The summed E-state index contributed by atoms with van der Waals surface area (Å²) in [7, 11) is 1.56. The first-order valence-electron chi connectivity index (χ1n) is 40.3. The van der Waals surface area contributed by atoms with Gasteiger partial charge in [0.2, 0.25) is 11.9 Å². The molecule has 0 spiro atoms. The average molecular weight is 1800 g/mol. The molecule has 126 heavy (non-hydrogen) atoms. The number of anilines is 6. The minimum atomic E-state index is -0.257. The summed E-state index contributed by atoms with van der Waals surface area (Å²) >= 11 is 7.70. The van der Waals surface area contributed by atoms with E-state index in [0.29, 0.717) is 111 Å². The fraction of sp³-hybridized carbons (Fsp3) is 0.282. The van der Waals surface area contributed by atoms with Gasteiger partial charge in [-0.2, -0.15) is 4.98 Å². The fourth-order valence-electron chi connectivity index (χ4n) is 11.4. The summed E-state index contributed by atoms with van der Waals surface area (Å²) in [6.45, 7) is 13.9. The normalized spacial score (nSPS) is 11.3. The number of piperidine rings is 1. The van der Waals surface area contributed by atoms with Gasteiger partial charge >= 0.3 is 0 Å². The molecule has 1 aliphatic rings. The third kappa shape index (κ3) is 29.6. The van der Waals surface area contributed by atoms with Crippen LogP contribution in [-0.2, 0) is 0 Å². The highest BCUT2D eigenvalue weighted by atomic mass is 32.1. The van der Waals surface area contributed by atoms with Gasteiger partial charge in [0.05, 0.1) is 43.9 Å². The minimum absolute atomic E-state index is 0.227. The largest absolute Gasteiger partial charge is 0.494 e. The summed E-state index contributed by atoms with van der Waals surface area (Å²) in [4.78, 5) is 105. The predicted molar refractivity (Wildman–Crippen MR) is 485 cm³/mol. The molecule has 10 N–H and O–H groups in total. The van der Waals surface area contributed by atoms with Gasteiger partial charge in [0.25, 0.3) is 29.5 Å². The Labute approximate surface area is 744 Å². The Balaban J connectivity index is 0.000000144. The molecule has 41 heteroatoms. The van der Waals surface area contributed by atoms with E-state index >= 15 is 0 Å². The number of hydrogen-bond donors (Lipinski definition) is 10. The van der Waals surface area contributed by atoms with Gasteiger partial charge in [-0.25, -0.2) is 39.9 Å². The van der Waals surface area contributed by atoms with Crippen molar-refractivity contribution in [3.05, 3.63) is 231 Å².